The summed E-state index contributed by atoms with van der Waals surface area (Å²) >= 11 is 0. The molecular formula is C21H38N4O2. The van der Waals surface area contributed by atoms with E-state index in [1.54, 1.807) is 0 Å². The largest absolute Gasteiger partial charge is 0.379 e. The van der Waals surface area contributed by atoms with Crippen molar-refractivity contribution >= 4 is 5.96 Å². The second-order valence-corrected chi connectivity index (χ2v) is 8.88. The Labute approximate surface area is 164 Å². The van der Waals surface area contributed by atoms with E-state index >= 15 is 0 Å². The molecule has 4 fully saturated rings. The lowest BCUT2D eigenvalue weighted by Crippen LogP contribution is -2.65. The van der Waals surface area contributed by atoms with Gasteiger partial charge in [-0.05, 0) is 38.5 Å². The minimum Gasteiger partial charge on any atom is -0.379 e. The van der Waals surface area contributed by atoms with Gasteiger partial charge in [0.05, 0.1) is 19.3 Å². The van der Waals surface area contributed by atoms with E-state index in [4.69, 9.17) is 9.47 Å². The van der Waals surface area contributed by atoms with Gasteiger partial charge in [0, 0.05) is 57.8 Å². The Bertz CT molecular complexity index is 514. The number of nitrogens with one attached hydrogen (secondary N) is 1. The van der Waals surface area contributed by atoms with Crippen molar-refractivity contribution in [2.45, 2.75) is 57.6 Å². The van der Waals surface area contributed by atoms with Gasteiger partial charge in [0.25, 0.3) is 0 Å². The van der Waals surface area contributed by atoms with Gasteiger partial charge in [-0.1, -0.05) is 12.8 Å². The van der Waals surface area contributed by atoms with E-state index in [0.29, 0.717) is 17.6 Å². The highest BCUT2D eigenvalue weighted by Gasteiger charge is 2.57. The van der Waals surface area contributed by atoms with Crippen LogP contribution in [-0.4, -0.2) is 87.5 Å². The SMILES string of the molecule is CCOC1CC(NC(=NC)N2CCC(CN3CCOCC3)C2)C12CCCC2. The number of rotatable bonds is 5. The summed E-state index contributed by atoms with van der Waals surface area (Å²) in [7, 11) is 1.94. The average molecular weight is 379 g/mol. The summed E-state index contributed by atoms with van der Waals surface area (Å²) in [5.41, 5.74) is 0.360. The smallest absolute Gasteiger partial charge is 0.193 e. The summed E-state index contributed by atoms with van der Waals surface area (Å²) in [6, 6.07) is 0.536. The quantitative estimate of drug-likeness (QED) is 0.585. The van der Waals surface area contributed by atoms with Crippen LogP contribution in [0.5, 0.6) is 0 Å². The zero-order valence-electron chi connectivity index (χ0n) is 17.3. The van der Waals surface area contributed by atoms with Crippen molar-refractivity contribution in [2.24, 2.45) is 16.3 Å². The summed E-state index contributed by atoms with van der Waals surface area (Å²) in [5, 5.41) is 3.85. The monoisotopic (exact) mass is 378 g/mol. The molecule has 4 aliphatic rings. The lowest BCUT2D eigenvalue weighted by atomic mass is 9.60. The molecule has 0 radical (unpaired) electrons. The van der Waals surface area contributed by atoms with Gasteiger partial charge in [0.1, 0.15) is 0 Å². The fraction of sp³-hybridized carbons (Fsp3) is 0.952. The molecule has 27 heavy (non-hydrogen) atoms. The summed E-state index contributed by atoms with van der Waals surface area (Å²) in [6.07, 6.45) is 8.19. The first-order valence-corrected chi connectivity index (χ1v) is 11.1. The first-order chi connectivity index (χ1) is 13.2. The zero-order chi connectivity index (χ0) is 18.7. The van der Waals surface area contributed by atoms with Crippen LogP contribution in [0.25, 0.3) is 0 Å². The zero-order valence-corrected chi connectivity index (χ0v) is 17.3. The third-order valence-corrected chi connectivity index (χ3v) is 7.41. The standard InChI is InChI=1S/C21H38N4O2/c1-3-27-19-14-18(21(19)7-4-5-8-21)23-20(22-2)25-9-6-17(16-25)15-24-10-12-26-13-11-24/h17-19H,3-16H2,1-2H3,(H,22,23). The summed E-state index contributed by atoms with van der Waals surface area (Å²) in [4.78, 5) is 9.71. The van der Waals surface area contributed by atoms with Gasteiger partial charge in [0.15, 0.2) is 5.96 Å². The molecule has 3 atom stereocenters. The first-order valence-electron chi connectivity index (χ1n) is 11.1. The molecule has 6 heteroatoms. The number of hydrogen-bond donors (Lipinski definition) is 1. The predicted molar refractivity (Wildman–Crippen MR) is 108 cm³/mol. The van der Waals surface area contributed by atoms with Crippen LogP contribution in [0.15, 0.2) is 4.99 Å². The van der Waals surface area contributed by atoms with E-state index in [-0.39, 0.29) is 0 Å². The van der Waals surface area contributed by atoms with Gasteiger partial charge in [-0.2, -0.15) is 0 Å². The van der Waals surface area contributed by atoms with Crippen molar-refractivity contribution in [3.8, 4) is 0 Å². The number of ether oxygens (including phenoxy) is 2. The van der Waals surface area contributed by atoms with Crippen molar-refractivity contribution in [1.82, 2.24) is 15.1 Å². The first kappa shape index (κ1) is 19.5. The van der Waals surface area contributed by atoms with Gasteiger partial charge in [-0.25, -0.2) is 0 Å². The third kappa shape index (κ3) is 3.99. The molecule has 0 aromatic heterocycles. The van der Waals surface area contributed by atoms with E-state index in [9.17, 15) is 0 Å². The highest BCUT2D eigenvalue weighted by atomic mass is 16.5. The topological polar surface area (TPSA) is 49.3 Å². The number of likely N-dealkylation sites (tertiary alicyclic amines) is 1. The Hall–Kier alpha value is -0.850. The molecule has 1 spiro atoms. The molecule has 0 aromatic carbocycles. The van der Waals surface area contributed by atoms with Crippen molar-refractivity contribution in [3.63, 3.8) is 0 Å². The second-order valence-electron chi connectivity index (χ2n) is 8.88. The molecule has 2 saturated heterocycles. The molecule has 2 saturated carbocycles. The molecule has 154 valence electrons. The Morgan fingerprint density at radius 2 is 2.00 bits per heavy atom. The maximum Gasteiger partial charge on any atom is 0.193 e. The summed E-state index contributed by atoms with van der Waals surface area (Å²) in [5.74, 6) is 1.87. The fourth-order valence-electron chi connectivity index (χ4n) is 5.86. The number of aliphatic imine (C=N–C) groups is 1. The van der Waals surface area contributed by atoms with Crippen molar-refractivity contribution in [3.05, 3.63) is 0 Å². The molecule has 4 rings (SSSR count). The maximum atomic E-state index is 6.08. The van der Waals surface area contributed by atoms with Gasteiger partial charge in [0.2, 0.25) is 0 Å². The lowest BCUT2D eigenvalue weighted by Gasteiger charge is -2.54. The van der Waals surface area contributed by atoms with Crippen LogP contribution >= 0.6 is 0 Å². The van der Waals surface area contributed by atoms with E-state index < -0.39 is 0 Å². The minimum atomic E-state index is 0.360. The molecule has 6 nitrogen and oxygen atoms in total. The van der Waals surface area contributed by atoms with Crippen molar-refractivity contribution in [2.75, 3.05) is 59.6 Å². The normalized spacial score (nSPS) is 34.2. The van der Waals surface area contributed by atoms with Crippen molar-refractivity contribution < 1.29 is 9.47 Å². The average Bonchev–Trinajstić information content (AvgIpc) is 3.36. The summed E-state index contributed by atoms with van der Waals surface area (Å²) in [6.45, 7) is 10.4. The molecule has 0 amide bonds. The molecule has 0 bridgehead atoms. The van der Waals surface area contributed by atoms with E-state index in [0.717, 1.165) is 64.3 Å². The Morgan fingerprint density at radius 1 is 1.22 bits per heavy atom. The van der Waals surface area contributed by atoms with Crippen LogP contribution in [0.1, 0.15) is 45.4 Å². The number of morpholine rings is 1. The van der Waals surface area contributed by atoms with Crippen LogP contribution < -0.4 is 5.32 Å². The summed E-state index contributed by atoms with van der Waals surface area (Å²) < 4.78 is 11.6. The molecule has 2 heterocycles. The molecule has 2 aliphatic heterocycles. The van der Waals surface area contributed by atoms with Gasteiger partial charge < -0.3 is 19.7 Å². The van der Waals surface area contributed by atoms with E-state index in [1.807, 2.05) is 7.05 Å². The lowest BCUT2D eigenvalue weighted by molar-refractivity contribution is -0.126. The fourth-order valence-corrected chi connectivity index (χ4v) is 5.86. The Morgan fingerprint density at radius 3 is 2.70 bits per heavy atom. The molecule has 3 unspecified atom stereocenters. The van der Waals surface area contributed by atoms with E-state index in [1.165, 1.54) is 38.6 Å². The number of guanidine groups is 1. The molecular weight excluding hydrogens is 340 g/mol. The molecule has 0 aromatic rings. The van der Waals surface area contributed by atoms with Crippen LogP contribution in [0.4, 0.5) is 0 Å². The van der Waals surface area contributed by atoms with Gasteiger partial charge >= 0.3 is 0 Å². The van der Waals surface area contributed by atoms with Crippen LogP contribution in [0, 0.1) is 11.3 Å². The van der Waals surface area contributed by atoms with Gasteiger partial charge in [-0.3, -0.25) is 9.89 Å². The highest BCUT2D eigenvalue weighted by Crippen LogP contribution is 2.54. The van der Waals surface area contributed by atoms with Crippen LogP contribution in [0.2, 0.25) is 0 Å². The Kier molecular flexibility index (Phi) is 6.25. The Balaban J connectivity index is 1.31. The highest BCUT2D eigenvalue weighted by molar-refractivity contribution is 5.80. The van der Waals surface area contributed by atoms with Crippen LogP contribution in [-0.2, 0) is 9.47 Å². The maximum absolute atomic E-state index is 6.08. The third-order valence-electron chi connectivity index (χ3n) is 7.41. The molecule has 1 N–H and O–H groups in total. The minimum absolute atomic E-state index is 0.360. The number of hydrogen-bond acceptors (Lipinski definition) is 4. The predicted octanol–water partition coefficient (Wildman–Crippen LogP) is 1.95. The number of nitrogens with zero attached hydrogens (tertiary/aromatic N) is 3. The van der Waals surface area contributed by atoms with Gasteiger partial charge in [-0.15, -0.1) is 0 Å². The van der Waals surface area contributed by atoms with E-state index in [2.05, 4.69) is 27.0 Å². The second kappa shape index (κ2) is 8.66. The van der Waals surface area contributed by atoms with Crippen molar-refractivity contribution in [1.29, 1.82) is 0 Å². The van der Waals surface area contributed by atoms with Crippen LogP contribution in [0.3, 0.4) is 0 Å². The molecule has 2 aliphatic carbocycles.